The number of alkyl halides is 2. The van der Waals surface area contributed by atoms with Crippen molar-refractivity contribution in [3.05, 3.63) is 12.7 Å². The number of ether oxygens (including phenoxy) is 1. The summed E-state index contributed by atoms with van der Waals surface area (Å²) >= 11 is 4.76. The molecule has 0 radical (unpaired) electrons. The number of halogens is 2. The third-order valence-electron chi connectivity index (χ3n) is 0.924. The van der Waals surface area contributed by atoms with Crippen molar-refractivity contribution in [2.24, 2.45) is 0 Å². The van der Waals surface area contributed by atoms with E-state index in [0.717, 1.165) is 0 Å². The highest BCUT2D eigenvalue weighted by molar-refractivity contribution is 6.31. The molecule has 0 spiro atoms. The first-order chi connectivity index (χ1) is 5.57. The highest BCUT2D eigenvalue weighted by Crippen LogP contribution is 2.02. The number of Topliss-reactive ketones (excluding diaryl/α,β-unsaturated/α-hetero) is 1. The van der Waals surface area contributed by atoms with Crippen LogP contribution in [0.2, 0.25) is 0 Å². The summed E-state index contributed by atoms with van der Waals surface area (Å²) in [5.41, 5.74) is -2.14. The summed E-state index contributed by atoms with van der Waals surface area (Å²) in [7, 11) is 0. The molecule has 0 aromatic carbocycles. The Morgan fingerprint density at radius 3 is 2.67 bits per heavy atom. The van der Waals surface area contributed by atoms with E-state index in [1.807, 2.05) is 0 Å². The Labute approximate surface area is 74.1 Å². The van der Waals surface area contributed by atoms with Gasteiger partial charge in [0.15, 0.2) is 5.78 Å². The van der Waals surface area contributed by atoms with Crippen LogP contribution >= 0.6 is 11.6 Å². The molecule has 0 bridgehead atoms. The molecule has 12 heavy (non-hydrogen) atoms. The molecule has 0 aromatic heterocycles. The maximum absolute atomic E-state index is 12.0. The Hall–Kier alpha value is -0.900. The molecular weight excluding hydrogens is 187 g/mol. The van der Waals surface area contributed by atoms with E-state index >= 15 is 0 Å². The SMILES string of the molecule is C=CCOC(=O)CC(=O)C(F)Cl. The average molecular weight is 195 g/mol. The molecule has 0 amide bonds. The fourth-order valence-corrected chi connectivity index (χ4v) is 0.499. The van der Waals surface area contributed by atoms with Crippen molar-refractivity contribution in [3.63, 3.8) is 0 Å². The Kier molecular flexibility index (Phi) is 5.28. The number of ketones is 1. The first-order valence-electron chi connectivity index (χ1n) is 3.15. The van der Waals surface area contributed by atoms with Crippen LogP contribution in [0.25, 0.3) is 0 Å². The Bertz CT molecular complexity index is 191. The summed E-state index contributed by atoms with van der Waals surface area (Å²) in [5, 5.41) is 0. The number of hydrogen-bond acceptors (Lipinski definition) is 3. The fourth-order valence-electron chi connectivity index (χ4n) is 0.422. The molecule has 0 saturated heterocycles. The standard InChI is InChI=1S/C7H8ClFO3/c1-2-3-12-6(11)4-5(10)7(8)9/h2,7H,1,3-4H2. The maximum atomic E-state index is 12.0. The number of esters is 1. The van der Waals surface area contributed by atoms with E-state index in [4.69, 9.17) is 11.6 Å². The first kappa shape index (κ1) is 11.1. The third kappa shape index (κ3) is 4.85. The number of carbonyl (C=O) groups excluding carboxylic acids is 2. The van der Waals surface area contributed by atoms with Crippen LogP contribution in [-0.4, -0.2) is 24.0 Å². The second-order valence-electron chi connectivity index (χ2n) is 1.92. The molecule has 0 aromatic rings. The van der Waals surface area contributed by atoms with Gasteiger partial charge in [-0.1, -0.05) is 24.3 Å². The number of hydrogen-bond donors (Lipinski definition) is 0. The van der Waals surface area contributed by atoms with E-state index in [0.29, 0.717) is 0 Å². The Morgan fingerprint density at radius 2 is 2.25 bits per heavy atom. The van der Waals surface area contributed by atoms with Crippen LogP contribution in [0.3, 0.4) is 0 Å². The molecule has 1 unspecified atom stereocenters. The van der Waals surface area contributed by atoms with Crippen LogP contribution < -0.4 is 0 Å². The highest BCUT2D eigenvalue weighted by Gasteiger charge is 2.17. The highest BCUT2D eigenvalue weighted by atomic mass is 35.5. The van der Waals surface area contributed by atoms with Crippen LogP contribution in [0, 0.1) is 0 Å². The maximum Gasteiger partial charge on any atom is 0.313 e. The van der Waals surface area contributed by atoms with Gasteiger partial charge in [-0.05, 0) is 0 Å². The molecule has 0 aliphatic rings. The zero-order chi connectivity index (χ0) is 9.56. The molecule has 68 valence electrons. The molecule has 0 rings (SSSR count). The summed E-state index contributed by atoms with van der Waals surface area (Å²) in [6.45, 7) is 3.29. The van der Waals surface area contributed by atoms with Crippen LogP contribution in [0.15, 0.2) is 12.7 Å². The van der Waals surface area contributed by atoms with Crippen molar-refractivity contribution in [3.8, 4) is 0 Å². The van der Waals surface area contributed by atoms with Crippen molar-refractivity contribution < 1.29 is 18.7 Å². The lowest BCUT2D eigenvalue weighted by atomic mass is 10.3. The van der Waals surface area contributed by atoms with Crippen molar-refractivity contribution in [2.45, 2.75) is 12.1 Å². The van der Waals surface area contributed by atoms with Crippen LogP contribution in [0.4, 0.5) is 4.39 Å². The first-order valence-corrected chi connectivity index (χ1v) is 3.59. The monoisotopic (exact) mass is 194 g/mol. The lowest BCUT2D eigenvalue weighted by Gasteiger charge is -2.00. The van der Waals surface area contributed by atoms with Gasteiger partial charge in [-0.15, -0.1) is 0 Å². The minimum Gasteiger partial charge on any atom is -0.461 e. The van der Waals surface area contributed by atoms with Gasteiger partial charge in [0, 0.05) is 0 Å². The molecule has 0 fully saturated rings. The Balaban J connectivity index is 3.69. The lowest BCUT2D eigenvalue weighted by molar-refractivity contribution is -0.145. The average Bonchev–Trinajstić information content (AvgIpc) is 2.00. The topological polar surface area (TPSA) is 43.4 Å². The van der Waals surface area contributed by atoms with E-state index in [1.54, 1.807) is 0 Å². The molecule has 0 heterocycles. The summed E-state index contributed by atoms with van der Waals surface area (Å²) in [5.74, 6) is -1.80. The molecule has 3 nitrogen and oxygen atoms in total. The molecule has 0 aliphatic heterocycles. The molecular formula is C7H8ClFO3. The number of rotatable bonds is 5. The zero-order valence-electron chi connectivity index (χ0n) is 6.26. The van der Waals surface area contributed by atoms with E-state index in [9.17, 15) is 14.0 Å². The molecule has 0 saturated carbocycles. The van der Waals surface area contributed by atoms with Gasteiger partial charge in [-0.3, -0.25) is 9.59 Å². The minimum atomic E-state index is -2.14. The van der Waals surface area contributed by atoms with Gasteiger partial charge < -0.3 is 4.74 Å². The molecule has 1 atom stereocenters. The molecule has 0 N–H and O–H groups in total. The largest absolute Gasteiger partial charge is 0.461 e. The van der Waals surface area contributed by atoms with E-state index < -0.39 is 23.8 Å². The van der Waals surface area contributed by atoms with Gasteiger partial charge in [0.25, 0.3) is 0 Å². The van der Waals surface area contributed by atoms with Gasteiger partial charge in [-0.25, -0.2) is 4.39 Å². The summed E-state index contributed by atoms with van der Waals surface area (Å²) in [6.07, 6.45) is 0.703. The summed E-state index contributed by atoms with van der Waals surface area (Å²) in [6, 6.07) is 0. The van der Waals surface area contributed by atoms with Crippen molar-refractivity contribution in [1.29, 1.82) is 0 Å². The van der Waals surface area contributed by atoms with E-state index in [2.05, 4.69) is 11.3 Å². The molecule has 5 heteroatoms. The van der Waals surface area contributed by atoms with Crippen molar-refractivity contribution >= 4 is 23.4 Å². The van der Waals surface area contributed by atoms with Crippen molar-refractivity contribution in [2.75, 3.05) is 6.61 Å². The van der Waals surface area contributed by atoms with Gasteiger partial charge in [-0.2, -0.15) is 0 Å². The van der Waals surface area contributed by atoms with E-state index in [1.165, 1.54) is 6.08 Å². The fraction of sp³-hybridized carbons (Fsp3) is 0.429. The van der Waals surface area contributed by atoms with Crippen LogP contribution in [-0.2, 0) is 14.3 Å². The normalized spacial score (nSPS) is 11.8. The summed E-state index contributed by atoms with van der Waals surface area (Å²) < 4.78 is 16.4. The van der Waals surface area contributed by atoms with Gasteiger partial charge in [0.2, 0.25) is 5.63 Å². The third-order valence-corrected chi connectivity index (χ3v) is 1.17. The van der Waals surface area contributed by atoms with Gasteiger partial charge >= 0.3 is 5.97 Å². The zero-order valence-corrected chi connectivity index (χ0v) is 7.01. The van der Waals surface area contributed by atoms with Gasteiger partial charge in [0.1, 0.15) is 13.0 Å². The quantitative estimate of drug-likeness (QED) is 0.286. The Morgan fingerprint density at radius 1 is 1.67 bits per heavy atom. The lowest BCUT2D eigenvalue weighted by Crippen LogP contribution is -2.16. The number of carbonyl (C=O) groups is 2. The van der Waals surface area contributed by atoms with Crippen LogP contribution in [0.5, 0.6) is 0 Å². The molecule has 0 aliphatic carbocycles. The van der Waals surface area contributed by atoms with Gasteiger partial charge in [0.05, 0.1) is 0 Å². The smallest absolute Gasteiger partial charge is 0.313 e. The minimum absolute atomic E-state index is 0.00531. The predicted octanol–water partition coefficient (Wildman–Crippen LogP) is 1.21. The van der Waals surface area contributed by atoms with Crippen molar-refractivity contribution in [1.82, 2.24) is 0 Å². The van der Waals surface area contributed by atoms with Crippen LogP contribution in [0.1, 0.15) is 6.42 Å². The van der Waals surface area contributed by atoms with E-state index in [-0.39, 0.29) is 6.61 Å². The summed E-state index contributed by atoms with van der Waals surface area (Å²) in [4.78, 5) is 21.1. The second-order valence-corrected chi connectivity index (χ2v) is 2.30. The predicted molar refractivity (Wildman–Crippen MR) is 41.5 cm³/mol. The second kappa shape index (κ2) is 5.71.